The number of anilines is 1. The number of hydrogen-bond donors (Lipinski definition) is 2. The number of nitrogens with one attached hydrogen (secondary N) is 2. The summed E-state index contributed by atoms with van der Waals surface area (Å²) in [6, 6.07) is 5.37. The molecule has 0 saturated carbocycles. The van der Waals surface area contributed by atoms with Crippen LogP contribution in [-0.4, -0.2) is 42.5 Å². The van der Waals surface area contributed by atoms with Crippen molar-refractivity contribution in [3.8, 4) is 5.75 Å². The van der Waals surface area contributed by atoms with E-state index in [1.54, 1.807) is 0 Å². The molecular weight excluding hydrogens is 469 g/mol. The van der Waals surface area contributed by atoms with Crippen molar-refractivity contribution < 1.29 is 45.8 Å². The quantitative estimate of drug-likeness (QED) is 0.443. The lowest BCUT2D eigenvalue weighted by molar-refractivity contribution is -0.146. The van der Waals surface area contributed by atoms with E-state index in [0.717, 1.165) is 6.07 Å². The van der Waals surface area contributed by atoms with Crippen molar-refractivity contribution >= 4 is 35.2 Å². The maximum atomic E-state index is 12.6. The normalized spacial score (nSPS) is 11.1. The van der Waals surface area contributed by atoms with Crippen molar-refractivity contribution in [3.63, 3.8) is 0 Å². The number of alkyl halides is 5. The zero-order valence-corrected chi connectivity index (χ0v) is 16.5. The average Bonchev–Trinajstić information content (AvgIpc) is 2.71. The van der Waals surface area contributed by atoms with Gasteiger partial charge in [0.15, 0.2) is 12.4 Å². The van der Waals surface area contributed by atoms with Gasteiger partial charge in [0, 0.05) is 11.8 Å². The van der Waals surface area contributed by atoms with Crippen LogP contribution >= 0.6 is 11.6 Å². The van der Waals surface area contributed by atoms with E-state index in [2.05, 4.69) is 25.1 Å². The third-order valence-corrected chi connectivity index (χ3v) is 3.79. The van der Waals surface area contributed by atoms with Crippen LogP contribution < -0.4 is 15.4 Å². The second kappa shape index (κ2) is 10.7. The van der Waals surface area contributed by atoms with E-state index in [-0.39, 0.29) is 17.1 Å². The van der Waals surface area contributed by atoms with Gasteiger partial charge in [0.2, 0.25) is 0 Å². The number of rotatable bonds is 8. The number of hydrogen-bond acceptors (Lipinski definition) is 6. The van der Waals surface area contributed by atoms with Crippen LogP contribution in [0.5, 0.6) is 5.75 Å². The molecule has 1 aromatic carbocycles. The minimum atomic E-state index is -4.67. The highest BCUT2D eigenvalue weighted by atomic mass is 35.5. The van der Waals surface area contributed by atoms with Gasteiger partial charge in [-0.15, -0.1) is 0 Å². The van der Waals surface area contributed by atoms with E-state index in [0.29, 0.717) is 12.3 Å². The number of carbonyl (C=O) groups excluding carboxylic acids is 3. The third kappa shape index (κ3) is 7.65. The Kier molecular flexibility index (Phi) is 8.29. The number of amides is 2. The molecule has 172 valence electrons. The van der Waals surface area contributed by atoms with Crippen molar-refractivity contribution in [2.75, 3.05) is 18.5 Å². The number of halogens is 6. The van der Waals surface area contributed by atoms with Crippen molar-refractivity contribution in [1.82, 2.24) is 10.3 Å². The average molecular weight is 482 g/mol. The van der Waals surface area contributed by atoms with Gasteiger partial charge in [0.25, 0.3) is 11.8 Å². The van der Waals surface area contributed by atoms with Gasteiger partial charge < -0.3 is 20.1 Å². The number of ether oxygens (including phenoxy) is 2. The first-order chi connectivity index (χ1) is 15.0. The van der Waals surface area contributed by atoms with Crippen LogP contribution in [0, 0.1) is 0 Å². The molecule has 0 aliphatic rings. The molecule has 8 nitrogen and oxygen atoms in total. The smallest absolute Gasteiger partial charge is 0.417 e. The lowest BCUT2D eigenvalue weighted by atomic mass is 10.2. The maximum Gasteiger partial charge on any atom is 0.417 e. The second-order valence-electron chi connectivity index (χ2n) is 5.85. The molecule has 0 fully saturated rings. The van der Waals surface area contributed by atoms with Crippen molar-refractivity contribution in [3.05, 3.63) is 52.7 Å². The predicted octanol–water partition coefficient (Wildman–Crippen LogP) is 3.27. The molecule has 2 aromatic rings. The summed E-state index contributed by atoms with van der Waals surface area (Å²) in [6.45, 7) is -4.58. The largest absolute Gasteiger partial charge is 0.454 e. The first-order valence-corrected chi connectivity index (χ1v) is 8.85. The molecule has 0 aliphatic heterocycles. The summed E-state index contributed by atoms with van der Waals surface area (Å²) in [7, 11) is 0. The number of benzene rings is 1. The Hall–Kier alpha value is -3.48. The molecule has 0 unspecified atom stereocenters. The molecule has 0 radical (unpaired) electrons. The summed E-state index contributed by atoms with van der Waals surface area (Å²) >= 11 is 5.64. The first-order valence-electron chi connectivity index (χ1n) is 8.47. The minimum Gasteiger partial charge on any atom is -0.454 e. The molecule has 0 spiro atoms. The summed E-state index contributed by atoms with van der Waals surface area (Å²) in [6.07, 6.45) is -4.21. The van der Waals surface area contributed by atoms with Crippen LogP contribution in [0.25, 0.3) is 0 Å². The van der Waals surface area contributed by atoms with Gasteiger partial charge in [0.1, 0.15) is 12.3 Å². The molecule has 14 heteroatoms. The maximum absolute atomic E-state index is 12.6. The Morgan fingerprint density at radius 3 is 2.50 bits per heavy atom. The molecule has 1 aromatic heterocycles. The topological polar surface area (TPSA) is 107 Å². The van der Waals surface area contributed by atoms with E-state index < -0.39 is 54.3 Å². The minimum absolute atomic E-state index is 0.0725. The third-order valence-electron chi connectivity index (χ3n) is 3.51. The van der Waals surface area contributed by atoms with Gasteiger partial charge in [-0.3, -0.25) is 14.4 Å². The molecule has 0 aliphatic carbocycles. The van der Waals surface area contributed by atoms with Gasteiger partial charge in [-0.1, -0.05) is 17.7 Å². The molecule has 2 rings (SSSR count). The molecule has 32 heavy (non-hydrogen) atoms. The standard InChI is InChI=1S/C18H13ClF5N3O5/c19-12-5-10(18(22,23)24)6-25-15(12)27-13(28)8-31-14(29)7-26-16(30)9-2-1-3-11(4-9)32-17(20)21/h1-6,17H,7-8H2,(H,26,30)(H,25,27,28). The van der Waals surface area contributed by atoms with Gasteiger partial charge in [0.05, 0.1) is 10.6 Å². The van der Waals surface area contributed by atoms with Gasteiger partial charge in [-0.05, 0) is 24.3 Å². The molecule has 2 N–H and O–H groups in total. The Labute approximate surface area is 181 Å². The Bertz CT molecular complexity index is 1000. The lowest BCUT2D eigenvalue weighted by Crippen LogP contribution is -2.32. The summed E-state index contributed by atoms with van der Waals surface area (Å²) in [5.74, 6) is -3.41. The van der Waals surface area contributed by atoms with Crippen LogP contribution in [0.3, 0.4) is 0 Å². The monoisotopic (exact) mass is 481 g/mol. The van der Waals surface area contributed by atoms with Gasteiger partial charge in [-0.2, -0.15) is 22.0 Å². The molecule has 0 atom stereocenters. The molecule has 0 bridgehead atoms. The Morgan fingerprint density at radius 2 is 1.88 bits per heavy atom. The number of carbonyl (C=O) groups is 3. The van der Waals surface area contributed by atoms with Crippen molar-refractivity contribution in [1.29, 1.82) is 0 Å². The van der Waals surface area contributed by atoms with Crippen LogP contribution in [0.2, 0.25) is 5.02 Å². The number of nitrogens with zero attached hydrogens (tertiary/aromatic N) is 1. The van der Waals surface area contributed by atoms with Crippen LogP contribution in [-0.2, 0) is 20.5 Å². The summed E-state index contributed by atoms with van der Waals surface area (Å²) in [5, 5.41) is 3.74. The van der Waals surface area contributed by atoms with Crippen molar-refractivity contribution in [2.24, 2.45) is 0 Å². The molecule has 1 heterocycles. The summed E-state index contributed by atoms with van der Waals surface area (Å²) in [4.78, 5) is 38.8. The SMILES string of the molecule is O=C(COC(=O)CNC(=O)c1cccc(OC(F)F)c1)Nc1ncc(C(F)(F)F)cc1Cl. The Morgan fingerprint density at radius 1 is 1.16 bits per heavy atom. The highest BCUT2D eigenvalue weighted by molar-refractivity contribution is 6.33. The molecule has 2 amide bonds. The van der Waals surface area contributed by atoms with Crippen molar-refractivity contribution in [2.45, 2.75) is 12.8 Å². The Balaban J connectivity index is 1.81. The highest BCUT2D eigenvalue weighted by Crippen LogP contribution is 2.32. The number of aromatic nitrogens is 1. The summed E-state index contributed by atoms with van der Waals surface area (Å²) < 4.78 is 70.9. The van der Waals surface area contributed by atoms with E-state index in [1.165, 1.54) is 18.2 Å². The van der Waals surface area contributed by atoms with Crippen LogP contribution in [0.4, 0.5) is 27.8 Å². The summed E-state index contributed by atoms with van der Waals surface area (Å²) in [5.41, 5.74) is -1.19. The highest BCUT2D eigenvalue weighted by Gasteiger charge is 2.31. The zero-order valence-electron chi connectivity index (χ0n) is 15.7. The predicted molar refractivity (Wildman–Crippen MR) is 99.2 cm³/mol. The fraction of sp³-hybridized carbons (Fsp3) is 0.222. The number of pyridine rings is 1. The molecule has 0 saturated heterocycles. The van der Waals surface area contributed by atoms with E-state index in [1.807, 2.05) is 0 Å². The van der Waals surface area contributed by atoms with Crippen LogP contribution in [0.15, 0.2) is 36.5 Å². The van der Waals surface area contributed by atoms with Crippen LogP contribution in [0.1, 0.15) is 15.9 Å². The van der Waals surface area contributed by atoms with E-state index >= 15 is 0 Å². The first kappa shape index (κ1) is 24.8. The van der Waals surface area contributed by atoms with Gasteiger partial charge >= 0.3 is 18.8 Å². The van der Waals surface area contributed by atoms with E-state index in [9.17, 15) is 36.3 Å². The fourth-order valence-electron chi connectivity index (χ4n) is 2.12. The fourth-order valence-corrected chi connectivity index (χ4v) is 2.33. The zero-order chi connectivity index (χ0) is 23.9. The van der Waals surface area contributed by atoms with Gasteiger partial charge in [-0.25, -0.2) is 4.98 Å². The molecular formula is C18H13ClF5N3O5. The number of esters is 1. The lowest BCUT2D eigenvalue weighted by Gasteiger charge is -2.10. The van der Waals surface area contributed by atoms with E-state index in [4.69, 9.17) is 11.6 Å². The second-order valence-corrected chi connectivity index (χ2v) is 6.26.